The van der Waals surface area contributed by atoms with Crippen LogP contribution in [0.2, 0.25) is 5.02 Å². The largest absolute Gasteiger partial charge is 0.418 e. The van der Waals surface area contributed by atoms with Gasteiger partial charge in [-0.05, 0) is 105 Å². The minimum absolute atomic E-state index is 0.0433. The number of nitrogens with zero attached hydrogens (tertiary/aromatic N) is 4. The van der Waals surface area contributed by atoms with Crippen LogP contribution in [-0.2, 0) is 12.4 Å². The molecule has 0 N–H and O–H groups in total. The van der Waals surface area contributed by atoms with Gasteiger partial charge >= 0.3 is 12.4 Å². The Morgan fingerprint density at radius 1 is 0.648 bits per heavy atom. The van der Waals surface area contributed by atoms with E-state index >= 15 is 0 Å². The van der Waals surface area contributed by atoms with Crippen molar-refractivity contribution in [2.45, 2.75) is 92.9 Å². The number of amidine groups is 2. The Bertz CT molecular complexity index is 2050. The lowest BCUT2D eigenvalue weighted by molar-refractivity contribution is -0.138. The van der Waals surface area contributed by atoms with E-state index in [0.717, 1.165) is 57.3 Å². The SMILES string of the molecule is Cc1cc(C)c(C(=Nc2c(C(C)C)cccc2C(C)C)N2CCCN(C(=Nc3c(C)cc(C)cc3C(F)(F)F)c3cc(Cl)cc(C(F)(F)F)c3)C2)c(C)c1. The van der Waals surface area contributed by atoms with Crippen LogP contribution in [0, 0.1) is 34.6 Å². The average Bonchev–Trinajstić information content (AvgIpc) is 3.05. The van der Waals surface area contributed by atoms with Gasteiger partial charge in [-0.3, -0.25) is 0 Å². The van der Waals surface area contributed by atoms with E-state index in [2.05, 4.69) is 61.9 Å². The predicted molar refractivity (Wildman–Crippen MR) is 208 cm³/mol. The van der Waals surface area contributed by atoms with Crippen LogP contribution in [-0.4, -0.2) is 41.2 Å². The van der Waals surface area contributed by atoms with Crippen LogP contribution in [0.4, 0.5) is 37.7 Å². The van der Waals surface area contributed by atoms with Crippen molar-refractivity contribution in [1.29, 1.82) is 0 Å². The van der Waals surface area contributed by atoms with E-state index in [9.17, 15) is 26.3 Å². The molecule has 11 heteroatoms. The molecule has 0 amide bonds. The van der Waals surface area contributed by atoms with Crippen molar-refractivity contribution in [1.82, 2.24) is 9.80 Å². The normalized spacial score (nSPS) is 14.9. The summed E-state index contributed by atoms with van der Waals surface area (Å²) in [5.41, 5.74) is 5.25. The fraction of sp³-hybridized carbons (Fsp3) is 0.395. The van der Waals surface area contributed by atoms with Crippen LogP contribution in [0.25, 0.3) is 0 Å². The first-order chi connectivity index (χ1) is 25.1. The first-order valence-electron chi connectivity index (χ1n) is 18.1. The molecular formula is C43H47ClF6N4. The van der Waals surface area contributed by atoms with E-state index in [1.54, 1.807) is 17.9 Å². The summed E-state index contributed by atoms with van der Waals surface area (Å²) in [7, 11) is 0. The van der Waals surface area contributed by atoms with E-state index in [-0.39, 0.29) is 46.2 Å². The molecule has 4 nitrogen and oxygen atoms in total. The molecule has 4 aromatic carbocycles. The van der Waals surface area contributed by atoms with Gasteiger partial charge in [0.2, 0.25) is 0 Å². The third kappa shape index (κ3) is 8.96. The molecule has 1 aliphatic rings. The average molecular weight is 769 g/mol. The molecule has 0 saturated carbocycles. The zero-order valence-electron chi connectivity index (χ0n) is 32.2. The molecular weight excluding hydrogens is 722 g/mol. The lowest BCUT2D eigenvalue weighted by Gasteiger charge is -2.40. The van der Waals surface area contributed by atoms with Crippen LogP contribution in [0.5, 0.6) is 0 Å². The Hall–Kier alpha value is -4.31. The molecule has 0 unspecified atom stereocenters. The van der Waals surface area contributed by atoms with Crippen molar-refractivity contribution < 1.29 is 26.3 Å². The molecule has 0 aromatic heterocycles. The molecule has 0 spiro atoms. The number of aliphatic imine (C=N–C) groups is 2. The monoisotopic (exact) mass is 768 g/mol. The Morgan fingerprint density at radius 3 is 1.70 bits per heavy atom. The molecule has 1 fully saturated rings. The van der Waals surface area contributed by atoms with Crippen molar-refractivity contribution in [2.75, 3.05) is 19.8 Å². The zero-order chi connectivity index (χ0) is 39.9. The maximum Gasteiger partial charge on any atom is 0.418 e. The Morgan fingerprint density at radius 2 is 1.17 bits per heavy atom. The quantitative estimate of drug-likeness (QED) is 0.111. The van der Waals surface area contributed by atoms with Gasteiger partial charge in [0.25, 0.3) is 0 Å². The summed E-state index contributed by atoms with van der Waals surface area (Å²) >= 11 is 6.29. The first kappa shape index (κ1) is 40.9. The second-order valence-corrected chi connectivity index (χ2v) is 15.4. The Balaban J connectivity index is 1.78. The highest BCUT2D eigenvalue weighted by molar-refractivity contribution is 6.31. The van der Waals surface area contributed by atoms with E-state index < -0.39 is 23.5 Å². The van der Waals surface area contributed by atoms with Gasteiger partial charge in [-0.25, -0.2) is 9.98 Å². The highest BCUT2D eigenvalue weighted by Crippen LogP contribution is 2.41. The van der Waals surface area contributed by atoms with Gasteiger partial charge in [0.1, 0.15) is 11.7 Å². The summed E-state index contributed by atoms with van der Waals surface area (Å²) in [5.74, 6) is 0.944. The predicted octanol–water partition coefficient (Wildman–Crippen LogP) is 13.0. The van der Waals surface area contributed by atoms with Crippen LogP contribution >= 0.6 is 11.6 Å². The summed E-state index contributed by atoms with van der Waals surface area (Å²) < 4.78 is 86.2. The lowest BCUT2D eigenvalue weighted by Crippen LogP contribution is -2.50. The molecule has 4 aromatic rings. The minimum Gasteiger partial charge on any atom is -0.338 e. The maximum absolute atomic E-state index is 14.6. The first-order valence-corrected chi connectivity index (χ1v) is 18.5. The minimum atomic E-state index is -4.77. The van der Waals surface area contributed by atoms with Crippen LogP contribution in [0.1, 0.15) is 107 Å². The molecule has 0 atom stereocenters. The van der Waals surface area contributed by atoms with E-state index in [1.165, 1.54) is 13.0 Å². The molecule has 288 valence electrons. The van der Waals surface area contributed by atoms with Crippen molar-refractivity contribution >= 4 is 34.6 Å². The smallest absolute Gasteiger partial charge is 0.338 e. The number of hydrogen-bond donors (Lipinski definition) is 0. The number of rotatable bonds is 6. The zero-order valence-corrected chi connectivity index (χ0v) is 32.9. The molecule has 1 heterocycles. The van der Waals surface area contributed by atoms with Crippen molar-refractivity contribution in [3.05, 3.63) is 127 Å². The van der Waals surface area contributed by atoms with Gasteiger partial charge in [0.05, 0.1) is 29.2 Å². The van der Waals surface area contributed by atoms with E-state index in [0.29, 0.717) is 30.9 Å². The van der Waals surface area contributed by atoms with Gasteiger partial charge in [0.15, 0.2) is 0 Å². The number of benzene rings is 4. The van der Waals surface area contributed by atoms with E-state index in [1.807, 2.05) is 26.8 Å². The fourth-order valence-corrected chi connectivity index (χ4v) is 7.58. The Labute approximate surface area is 319 Å². The van der Waals surface area contributed by atoms with Crippen molar-refractivity contribution in [3.8, 4) is 0 Å². The summed E-state index contributed by atoms with van der Waals surface area (Å²) in [5, 5.41) is -0.210. The molecule has 1 saturated heterocycles. The van der Waals surface area contributed by atoms with Gasteiger partial charge in [-0.15, -0.1) is 0 Å². The molecule has 0 aliphatic carbocycles. The van der Waals surface area contributed by atoms with Crippen molar-refractivity contribution in [3.63, 3.8) is 0 Å². The van der Waals surface area contributed by atoms with Gasteiger partial charge < -0.3 is 9.80 Å². The summed E-state index contributed by atoms with van der Waals surface area (Å²) in [6, 6.07) is 16.0. The lowest BCUT2D eigenvalue weighted by atomic mass is 9.92. The molecule has 54 heavy (non-hydrogen) atoms. The molecule has 1 aliphatic heterocycles. The summed E-state index contributed by atoms with van der Waals surface area (Å²) in [6.07, 6.45) is -9.00. The van der Waals surface area contributed by atoms with Crippen LogP contribution < -0.4 is 0 Å². The third-order valence-corrected chi connectivity index (χ3v) is 9.93. The topological polar surface area (TPSA) is 31.2 Å². The third-order valence-electron chi connectivity index (χ3n) is 9.71. The van der Waals surface area contributed by atoms with Crippen LogP contribution in [0.15, 0.2) is 70.6 Å². The second-order valence-electron chi connectivity index (χ2n) is 15.0. The van der Waals surface area contributed by atoms with Gasteiger partial charge in [-0.1, -0.05) is 86.8 Å². The number of halogens is 7. The maximum atomic E-state index is 14.6. The second kappa shape index (κ2) is 15.8. The number of hydrogen-bond acceptors (Lipinski definition) is 2. The number of alkyl halides is 6. The number of para-hydroxylation sites is 1. The summed E-state index contributed by atoms with van der Waals surface area (Å²) in [4.78, 5) is 13.9. The summed E-state index contributed by atoms with van der Waals surface area (Å²) in [6.45, 7) is 18.6. The fourth-order valence-electron chi connectivity index (χ4n) is 7.34. The van der Waals surface area contributed by atoms with Gasteiger partial charge in [0, 0.05) is 29.2 Å². The van der Waals surface area contributed by atoms with E-state index in [4.69, 9.17) is 16.6 Å². The number of aryl methyl sites for hydroxylation is 5. The van der Waals surface area contributed by atoms with Crippen LogP contribution in [0.3, 0.4) is 0 Å². The Kier molecular flexibility index (Phi) is 12.0. The molecule has 5 rings (SSSR count). The standard InChI is InChI=1S/C43H47ClF6N4/c1-24(2)34-12-10-13-35(25(3)4)39(34)52-41(37-28(7)16-26(5)17-29(37)8)54-15-11-14-53(23-54)40(31-20-32(42(45,46)47)22-33(44)21-31)51-38-30(9)18-27(6)19-36(38)43(48,49)50/h10,12-13,16-22,24-25H,11,14-15,23H2,1-9H3. The van der Waals surface area contributed by atoms with Gasteiger partial charge in [-0.2, -0.15) is 26.3 Å². The highest BCUT2D eigenvalue weighted by Gasteiger charge is 2.36. The molecule has 0 radical (unpaired) electrons. The van der Waals surface area contributed by atoms with Crippen molar-refractivity contribution in [2.24, 2.45) is 9.98 Å². The molecule has 0 bridgehead atoms. The highest BCUT2D eigenvalue weighted by atomic mass is 35.5.